The van der Waals surface area contributed by atoms with E-state index in [0.29, 0.717) is 5.25 Å². The molecule has 2 heterocycles. The van der Waals surface area contributed by atoms with Gasteiger partial charge in [0.25, 0.3) is 0 Å². The molecule has 0 aromatic rings. The number of carbonyl (C=O) groups is 1. The molecule has 84 valence electrons. The van der Waals surface area contributed by atoms with Crippen molar-refractivity contribution >= 4 is 22.8 Å². The maximum atomic E-state index is 11.9. The summed E-state index contributed by atoms with van der Waals surface area (Å²) < 4.78 is 0. The number of likely N-dealkylation sites (N-methyl/N-ethyl adjacent to an activating group) is 1. The maximum absolute atomic E-state index is 11.9. The lowest BCUT2D eigenvalue weighted by Crippen LogP contribution is -2.42. The minimum Gasteiger partial charge on any atom is -0.304 e. The van der Waals surface area contributed by atoms with Crippen LogP contribution in [0.5, 0.6) is 0 Å². The monoisotopic (exact) mass is 227 g/mol. The van der Waals surface area contributed by atoms with Gasteiger partial charge in [0.15, 0.2) is 5.17 Å². The van der Waals surface area contributed by atoms with Crippen LogP contribution in [0.2, 0.25) is 0 Å². The first-order chi connectivity index (χ1) is 7.16. The number of hydrogen-bond donors (Lipinski definition) is 1. The SMILES string of the molecule is CC1CN=C(NC(=O)[C@@H]2CCCN2C)S1. The second-order valence-corrected chi connectivity index (χ2v) is 5.63. The summed E-state index contributed by atoms with van der Waals surface area (Å²) in [5.74, 6) is 0.107. The average Bonchev–Trinajstić information content (AvgIpc) is 2.75. The molecule has 4 nitrogen and oxygen atoms in total. The first-order valence-corrected chi connectivity index (χ1v) is 6.27. The number of nitrogens with one attached hydrogen (secondary N) is 1. The molecule has 0 aromatic heterocycles. The van der Waals surface area contributed by atoms with Crippen molar-refractivity contribution < 1.29 is 4.79 Å². The van der Waals surface area contributed by atoms with Crippen LogP contribution in [0.15, 0.2) is 4.99 Å². The highest BCUT2D eigenvalue weighted by atomic mass is 32.2. The second kappa shape index (κ2) is 4.53. The number of thioether (sulfide) groups is 1. The number of amides is 1. The van der Waals surface area contributed by atoms with E-state index >= 15 is 0 Å². The van der Waals surface area contributed by atoms with Crippen molar-refractivity contribution in [3.8, 4) is 0 Å². The zero-order valence-electron chi connectivity index (χ0n) is 9.19. The molecule has 1 N–H and O–H groups in total. The van der Waals surface area contributed by atoms with Gasteiger partial charge in [-0.1, -0.05) is 18.7 Å². The summed E-state index contributed by atoms with van der Waals surface area (Å²) >= 11 is 1.65. The smallest absolute Gasteiger partial charge is 0.243 e. The summed E-state index contributed by atoms with van der Waals surface area (Å²) in [5.41, 5.74) is 0. The quantitative estimate of drug-likeness (QED) is 0.717. The van der Waals surface area contributed by atoms with Gasteiger partial charge in [-0.3, -0.25) is 14.7 Å². The van der Waals surface area contributed by atoms with Crippen LogP contribution in [0, 0.1) is 0 Å². The molecule has 0 saturated carbocycles. The lowest BCUT2D eigenvalue weighted by atomic mass is 10.2. The molecule has 1 fully saturated rings. The molecule has 1 saturated heterocycles. The third-order valence-corrected chi connectivity index (χ3v) is 3.86. The van der Waals surface area contributed by atoms with Crippen molar-refractivity contribution in [1.82, 2.24) is 10.2 Å². The van der Waals surface area contributed by atoms with E-state index in [2.05, 4.69) is 22.1 Å². The van der Waals surface area contributed by atoms with Crippen LogP contribution in [-0.4, -0.2) is 47.4 Å². The molecular formula is C10H17N3OS. The van der Waals surface area contributed by atoms with E-state index in [0.717, 1.165) is 31.1 Å². The zero-order valence-corrected chi connectivity index (χ0v) is 10.0. The topological polar surface area (TPSA) is 44.7 Å². The molecule has 0 radical (unpaired) electrons. The predicted molar refractivity (Wildman–Crippen MR) is 63.1 cm³/mol. The number of amidine groups is 1. The fraction of sp³-hybridized carbons (Fsp3) is 0.800. The van der Waals surface area contributed by atoms with E-state index in [1.165, 1.54) is 0 Å². The molecule has 2 atom stereocenters. The molecule has 2 aliphatic heterocycles. The summed E-state index contributed by atoms with van der Waals surface area (Å²) in [6.45, 7) is 3.96. The summed E-state index contributed by atoms with van der Waals surface area (Å²) in [4.78, 5) is 18.3. The summed E-state index contributed by atoms with van der Waals surface area (Å²) in [7, 11) is 2.00. The Balaban J connectivity index is 1.87. The molecule has 5 heteroatoms. The van der Waals surface area contributed by atoms with E-state index in [1.54, 1.807) is 11.8 Å². The molecule has 1 unspecified atom stereocenters. The minimum absolute atomic E-state index is 0.0456. The fourth-order valence-corrected chi connectivity index (χ4v) is 2.81. The molecule has 0 spiro atoms. The van der Waals surface area contributed by atoms with Crippen molar-refractivity contribution in [3.63, 3.8) is 0 Å². The number of nitrogens with zero attached hydrogens (tertiary/aromatic N) is 2. The molecule has 2 aliphatic rings. The number of carbonyl (C=O) groups excluding carboxylic acids is 1. The van der Waals surface area contributed by atoms with Gasteiger partial charge in [-0.15, -0.1) is 0 Å². The number of likely N-dealkylation sites (tertiary alicyclic amines) is 1. The summed E-state index contributed by atoms with van der Waals surface area (Å²) in [6.07, 6.45) is 2.08. The Kier molecular flexibility index (Phi) is 3.31. The lowest BCUT2D eigenvalue weighted by molar-refractivity contribution is -0.123. The molecule has 0 aromatic carbocycles. The normalized spacial score (nSPS) is 31.7. The summed E-state index contributed by atoms with van der Waals surface area (Å²) in [6, 6.07) is 0.0456. The van der Waals surface area contributed by atoms with Crippen molar-refractivity contribution in [2.45, 2.75) is 31.1 Å². The van der Waals surface area contributed by atoms with Crippen LogP contribution in [-0.2, 0) is 4.79 Å². The van der Waals surface area contributed by atoms with E-state index in [1.807, 2.05) is 7.05 Å². The fourth-order valence-electron chi connectivity index (χ4n) is 1.98. The molecular weight excluding hydrogens is 210 g/mol. The van der Waals surface area contributed by atoms with Gasteiger partial charge in [0.1, 0.15) is 0 Å². The minimum atomic E-state index is 0.0456. The van der Waals surface area contributed by atoms with Gasteiger partial charge >= 0.3 is 0 Å². The van der Waals surface area contributed by atoms with E-state index in [9.17, 15) is 4.79 Å². The number of rotatable bonds is 1. The van der Waals surface area contributed by atoms with Gasteiger partial charge in [-0.05, 0) is 26.4 Å². The lowest BCUT2D eigenvalue weighted by Gasteiger charge is -2.18. The first kappa shape index (κ1) is 11.0. The van der Waals surface area contributed by atoms with Crippen LogP contribution in [0.1, 0.15) is 19.8 Å². The Hall–Kier alpha value is -0.550. The van der Waals surface area contributed by atoms with Crippen LogP contribution in [0.4, 0.5) is 0 Å². The standard InChI is InChI=1S/C10H17N3OS/c1-7-6-11-10(15-7)12-9(14)8-4-3-5-13(8)2/h7-8H,3-6H2,1-2H3,(H,11,12,14)/t7?,8-/m0/s1. The van der Waals surface area contributed by atoms with Crippen molar-refractivity contribution in [2.75, 3.05) is 20.1 Å². The predicted octanol–water partition coefficient (Wildman–Crippen LogP) is 0.688. The van der Waals surface area contributed by atoms with Crippen molar-refractivity contribution in [3.05, 3.63) is 0 Å². The molecule has 2 rings (SSSR count). The van der Waals surface area contributed by atoms with Gasteiger partial charge in [-0.2, -0.15) is 0 Å². The first-order valence-electron chi connectivity index (χ1n) is 5.39. The molecule has 1 amide bonds. The van der Waals surface area contributed by atoms with Crippen molar-refractivity contribution in [2.24, 2.45) is 4.99 Å². The molecule has 15 heavy (non-hydrogen) atoms. The Bertz CT molecular complexity index is 292. The third-order valence-electron chi connectivity index (χ3n) is 2.86. The van der Waals surface area contributed by atoms with E-state index in [-0.39, 0.29) is 11.9 Å². The highest BCUT2D eigenvalue weighted by molar-refractivity contribution is 8.14. The number of hydrogen-bond acceptors (Lipinski definition) is 4. The van der Waals surface area contributed by atoms with Gasteiger partial charge < -0.3 is 5.32 Å². The Labute approximate surface area is 94.5 Å². The highest BCUT2D eigenvalue weighted by Crippen LogP contribution is 2.20. The Morgan fingerprint density at radius 2 is 2.47 bits per heavy atom. The molecule has 0 aliphatic carbocycles. The maximum Gasteiger partial charge on any atom is 0.243 e. The van der Waals surface area contributed by atoms with Gasteiger partial charge in [0.2, 0.25) is 5.91 Å². The van der Waals surface area contributed by atoms with Crippen LogP contribution in [0.3, 0.4) is 0 Å². The Morgan fingerprint density at radius 3 is 3.00 bits per heavy atom. The van der Waals surface area contributed by atoms with Crippen LogP contribution < -0.4 is 5.32 Å². The number of aliphatic imine (C=N–C) groups is 1. The van der Waals surface area contributed by atoms with Crippen molar-refractivity contribution in [1.29, 1.82) is 0 Å². The van der Waals surface area contributed by atoms with E-state index in [4.69, 9.17) is 0 Å². The summed E-state index contributed by atoms with van der Waals surface area (Å²) in [5, 5.41) is 4.21. The van der Waals surface area contributed by atoms with Crippen LogP contribution >= 0.6 is 11.8 Å². The van der Waals surface area contributed by atoms with Crippen LogP contribution in [0.25, 0.3) is 0 Å². The largest absolute Gasteiger partial charge is 0.304 e. The highest BCUT2D eigenvalue weighted by Gasteiger charge is 2.29. The molecule has 0 bridgehead atoms. The Morgan fingerprint density at radius 1 is 1.67 bits per heavy atom. The average molecular weight is 227 g/mol. The second-order valence-electron chi connectivity index (χ2n) is 4.20. The zero-order chi connectivity index (χ0) is 10.8. The van der Waals surface area contributed by atoms with Gasteiger partial charge in [0.05, 0.1) is 12.6 Å². The third kappa shape index (κ3) is 2.52. The van der Waals surface area contributed by atoms with Gasteiger partial charge in [-0.25, -0.2) is 0 Å². The van der Waals surface area contributed by atoms with E-state index < -0.39 is 0 Å². The van der Waals surface area contributed by atoms with Gasteiger partial charge in [0, 0.05) is 5.25 Å².